The van der Waals surface area contributed by atoms with Crippen LogP contribution < -0.4 is 0 Å². The van der Waals surface area contributed by atoms with Gasteiger partial charge in [0.05, 0.1) is 0 Å². The molecule has 0 unspecified atom stereocenters. The van der Waals surface area contributed by atoms with Crippen LogP contribution >= 0.6 is 11.3 Å². The molecule has 7 heteroatoms. The molecule has 0 aliphatic rings. The lowest BCUT2D eigenvalue weighted by molar-refractivity contribution is 0.881. The van der Waals surface area contributed by atoms with Crippen LogP contribution in [0.15, 0.2) is 17.3 Å². The number of aromatic amines is 1. The summed E-state index contributed by atoms with van der Waals surface area (Å²) in [4.78, 5) is 0. The molecule has 0 spiro atoms. The van der Waals surface area contributed by atoms with E-state index < -0.39 is 0 Å². The predicted octanol–water partition coefficient (Wildman–Crippen LogP) is -0.262. The molecule has 0 aliphatic heterocycles. The van der Waals surface area contributed by atoms with Gasteiger partial charge in [-0.15, -0.1) is 31.7 Å². The summed E-state index contributed by atoms with van der Waals surface area (Å²) < 4.78 is 0. The highest BCUT2D eigenvalue weighted by Crippen LogP contribution is 1.80. The van der Waals surface area contributed by atoms with Gasteiger partial charge >= 0.3 is 0 Å². The molecule has 0 aliphatic carbocycles. The maximum Gasteiger partial charge on any atom is 0.161 e. The Kier molecular flexibility index (Phi) is 3.04. The first-order chi connectivity index (χ1) is 5.00. The average Bonchev–Trinajstić information content (AvgIpc) is 2.67. The zero-order valence-corrected chi connectivity index (χ0v) is 5.69. The summed E-state index contributed by atoms with van der Waals surface area (Å²) in [6.07, 6.45) is 1.33. The fourth-order valence-corrected chi connectivity index (χ4v) is 0.537. The number of rotatable bonds is 0. The first kappa shape index (κ1) is 6.75. The van der Waals surface area contributed by atoms with E-state index in [0.717, 1.165) is 0 Å². The molecular formula is C3H4N6S. The quantitative estimate of drug-likeness (QED) is 0.568. The molecule has 10 heavy (non-hydrogen) atoms. The van der Waals surface area contributed by atoms with Crippen LogP contribution in [0.2, 0.25) is 0 Å². The van der Waals surface area contributed by atoms with Crippen LogP contribution in [0.4, 0.5) is 0 Å². The second-order valence-corrected chi connectivity index (χ2v) is 1.83. The minimum Gasteiger partial charge on any atom is -0.177 e. The lowest BCUT2D eigenvalue weighted by Gasteiger charge is -1.44. The summed E-state index contributed by atoms with van der Waals surface area (Å²) in [5.74, 6) is 0. The third-order valence-corrected chi connectivity index (χ3v) is 0.984. The van der Waals surface area contributed by atoms with Crippen LogP contribution in [0.1, 0.15) is 0 Å². The number of hydrogen-bond donors (Lipinski definition) is 1. The molecule has 0 aromatic carbocycles. The number of tetrazole rings is 1. The Morgan fingerprint density at radius 2 is 1.90 bits per heavy atom. The summed E-state index contributed by atoms with van der Waals surface area (Å²) in [6.45, 7) is 0. The minimum atomic E-state index is 1.33. The van der Waals surface area contributed by atoms with E-state index >= 15 is 0 Å². The Hall–Kier alpha value is -1.37. The van der Waals surface area contributed by atoms with E-state index in [0.29, 0.717) is 0 Å². The Morgan fingerprint density at radius 3 is 2.10 bits per heavy atom. The minimum absolute atomic E-state index is 1.33. The standard InChI is InChI=1S/C2H2N2S.CH2N4/c1-3-4-2-5-1;1-2-4-5-3-1/h1-2H;1H,(H,2,3,4,5). The van der Waals surface area contributed by atoms with Crippen LogP contribution in [0.25, 0.3) is 0 Å². The molecule has 0 fully saturated rings. The lowest BCUT2D eigenvalue weighted by atomic mass is 11.4. The fourth-order valence-electron chi connectivity index (χ4n) is 0.265. The van der Waals surface area contributed by atoms with Crippen LogP contribution in [0.3, 0.4) is 0 Å². The van der Waals surface area contributed by atoms with E-state index in [-0.39, 0.29) is 0 Å². The molecule has 2 aromatic rings. The van der Waals surface area contributed by atoms with E-state index in [9.17, 15) is 0 Å². The molecule has 52 valence electrons. The van der Waals surface area contributed by atoms with Crippen LogP contribution in [-0.4, -0.2) is 30.8 Å². The second-order valence-electron chi connectivity index (χ2n) is 1.14. The van der Waals surface area contributed by atoms with Crippen molar-refractivity contribution in [2.24, 2.45) is 0 Å². The van der Waals surface area contributed by atoms with Gasteiger partial charge in [-0.2, -0.15) is 5.21 Å². The summed E-state index contributed by atoms with van der Waals surface area (Å²) in [5.41, 5.74) is 3.36. The molecule has 0 atom stereocenters. The van der Waals surface area contributed by atoms with Crippen molar-refractivity contribution in [1.29, 1.82) is 0 Å². The monoisotopic (exact) mass is 156 g/mol. The Balaban J connectivity index is 0.0000001000. The van der Waals surface area contributed by atoms with Crippen molar-refractivity contribution in [3.05, 3.63) is 17.3 Å². The molecule has 0 radical (unpaired) electrons. The van der Waals surface area contributed by atoms with Crippen LogP contribution in [-0.2, 0) is 0 Å². The molecule has 2 rings (SSSR count). The zero-order valence-electron chi connectivity index (χ0n) is 4.88. The van der Waals surface area contributed by atoms with Crippen molar-refractivity contribution in [1.82, 2.24) is 30.8 Å². The normalized spacial score (nSPS) is 8.00. The van der Waals surface area contributed by atoms with Crippen molar-refractivity contribution < 1.29 is 0 Å². The zero-order chi connectivity index (χ0) is 7.07. The summed E-state index contributed by atoms with van der Waals surface area (Å²) in [6, 6.07) is 0. The highest BCUT2D eigenvalue weighted by atomic mass is 32.1. The van der Waals surface area contributed by atoms with Gasteiger partial charge in [-0.05, 0) is 0 Å². The van der Waals surface area contributed by atoms with Gasteiger partial charge in [0.1, 0.15) is 11.0 Å². The number of nitrogens with one attached hydrogen (secondary N) is 1. The van der Waals surface area contributed by atoms with Gasteiger partial charge in [0.2, 0.25) is 0 Å². The topological polar surface area (TPSA) is 80.2 Å². The van der Waals surface area contributed by atoms with E-state index in [4.69, 9.17) is 0 Å². The lowest BCUT2D eigenvalue weighted by Crippen LogP contribution is -1.64. The van der Waals surface area contributed by atoms with E-state index in [1.54, 1.807) is 11.0 Å². The third-order valence-electron chi connectivity index (χ3n) is 0.552. The van der Waals surface area contributed by atoms with E-state index in [2.05, 4.69) is 30.8 Å². The Labute approximate surface area is 60.3 Å². The number of hydrogen-bond acceptors (Lipinski definition) is 6. The number of H-pyrrole nitrogens is 1. The third kappa shape index (κ3) is 2.82. The molecule has 1 N–H and O–H groups in total. The first-order valence-electron chi connectivity index (χ1n) is 2.35. The second kappa shape index (κ2) is 4.50. The van der Waals surface area contributed by atoms with Gasteiger partial charge in [-0.1, -0.05) is 5.21 Å². The summed E-state index contributed by atoms with van der Waals surface area (Å²) in [7, 11) is 0. The summed E-state index contributed by atoms with van der Waals surface area (Å²) in [5, 5.41) is 19.1. The average molecular weight is 156 g/mol. The van der Waals surface area contributed by atoms with Gasteiger partial charge in [-0.3, -0.25) is 0 Å². The van der Waals surface area contributed by atoms with Crippen LogP contribution in [0, 0.1) is 0 Å². The van der Waals surface area contributed by atoms with Crippen molar-refractivity contribution in [2.75, 3.05) is 0 Å². The van der Waals surface area contributed by atoms with E-state index in [1.165, 1.54) is 17.7 Å². The van der Waals surface area contributed by atoms with E-state index in [1.807, 2.05) is 0 Å². The molecule has 0 bridgehead atoms. The molecular weight excluding hydrogens is 152 g/mol. The largest absolute Gasteiger partial charge is 0.177 e. The van der Waals surface area contributed by atoms with Gasteiger partial charge in [0.15, 0.2) is 6.33 Å². The molecule has 2 heterocycles. The highest BCUT2D eigenvalue weighted by Gasteiger charge is 1.60. The maximum atomic E-state index is 3.49. The predicted molar refractivity (Wildman–Crippen MR) is 34.1 cm³/mol. The smallest absolute Gasteiger partial charge is 0.161 e. The Bertz CT molecular complexity index is 152. The Morgan fingerprint density at radius 1 is 1.10 bits per heavy atom. The molecule has 0 amide bonds. The first-order valence-corrected chi connectivity index (χ1v) is 3.29. The fraction of sp³-hybridized carbons (Fsp3) is 0. The molecule has 0 saturated carbocycles. The van der Waals surface area contributed by atoms with Gasteiger partial charge < -0.3 is 0 Å². The molecule has 6 nitrogen and oxygen atoms in total. The van der Waals surface area contributed by atoms with Crippen molar-refractivity contribution >= 4 is 11.3 Å². The van der Waals surface area contributed by atoms with Crippen molar-refractivity contribution in [3.8, 4) is 0 Å². The number of nitrogens with zero attached hydrogens (tertiary/aromatic N) is 5. The highest BCUT2D eigenvalue weighted by molar-refractivity contribution is 7.07. The van der Waals surface area contributed by atoms with Crippen molar-refractivity contribution in [3.63, 3.8) is 0 Å². The molecule has 2 aromatic heterocycles. The maximum absolute atomic E-state index is 3.49. The van der Waals surface area contributed by atoms with Crippen molar-refractivity contribution in [2.45, 2.75) is 0 Å². The van der Waals surface area contributed by atoms with Crippen LogP contribution in [0.5, 0.6) is 0 Å². The van der Waals surface area contributed by atoms with Gasteiger partial charge in [0.25, 0.3) is 0 Å². The van der Waals surface area contributed by atoms with Gasteiger partial charge in [0, 0.05) is 0 Å². The summed E-state index contributed by atoms with van der Waals surface area (Å²) >= 11 is 1.49. The molecule has 0 saturated heterocycles. The van der Waals surface area contributed by atoms with Gasteiger partial charge in [-0.25, -0.2) is 0 Å². The SMILES string of the molecule is c1nn[nH]n1.c1nncs1. The number of aromatic nitrogens is 6.